The summed E-state index contributed by atoms with van der Waals surface area (Å²) < 4.78 is 11.2. The average Bonchev–Trinajstić information content (AvgIpc) is 2.86. The van der Waals surface area contributed by atoms with E-state index in [1.54, 1.807) is 6.08 Å². The number of hydrogen-bond acceptors (Lipinski definition) is 3. The predicted octanol–water partition coefficient (Wildman–Crippen LogP) is 1.79. The number of fused-ring (bicyclic) bond motifs is 2. The summed E-state index contributed by atoms with van der Waals surface area (Å²) in [7, 11) is 0. The second kappa shape index (κ2) is 4.04. The molecular weight excluding hydrogens is 220 g/mol. The standard InChI is InChI=1S/C13H14O4/c14-12(15)7-16-11-6-2-4-9-8-3-1-5-10(8)17-13(9)11/h2,4,6,10,13H,1,3,5,7H2,(H,14,15). The molecule has 0 amide bonds. The van der Waals surface area contributed by atoms with Crippen molar-refractivity contribution in [1.82, 2.24) is 0 Å². The minimum atomic E-state index is -0.965. The summed E-state index contributed by atoms with van der Waals surface area (Å²) in [6.45, 7) is -0.313. The van der Waals surface area contributed by atoms with E-state index in [1.165, 1.54) is 17.6 Å². The molecular formula is C13H14O4. The second-order valence-electron chi connectivity index (χ2n) is 4.49. The van der Waals surface area contributed by atoms with Crippen LogP contribution in [-0.4, -0.2) is 29.9 Å². The van der Waals surface area contributed by atoms with Gasteiger partial charge in [-0.1, -0.05) is 12.2 Å². The van der Waals surface area contributed by atoms with Crippen LogP contribution in [-0.2, 0) is 14.3 Å². The van der Waals surface area contributed by atoms with Crippen LogP contribution in [0.25, 0.3) is 0 Å². The van der Waals surface area contributed by atoms with E-state index < -0.39 is 5.97 Å². The highest BCUT2D eigenvalue weighted by Crippen LogP contribution is 2.42. The molecule has 1 fully saturated rings. The highest BCUT2D eigenvalue weighted by molar-refractivity contribution is 5.68. The van der Waals surface area contributed by atoms with Gasteiger partial charge in [0.2, 0.25) is 0 Å². The minimum Gasteiger partial charge on any atom is -0.483 e. The van der Waals surface area contributed by atoms with Crippen LogP contribution in [0.15, 0.2) is 35.1 Å². The highest BCUT2D eigenvalue weighted by Gasteiger charge is 2.39. The zero-order valence-corrected chi connectivity index (χ0v) is 9.39. The zero-order valence-electron chi connectivity index (χ0n) is 9.39. The van der Waals surface area contributed by atoms with E-state index in [0.717, 1.165) is 12.8 Å². The third-order valence-corrected chi connectivity index (χ3v) is 3.41. The van der Waals surface area contributed by atoms with Crippen molar-refractivity contribution >= 4 is 5.97 Å². The summed E-state index contributed by atoms with van der Waals surface area (Å²) in [5.41, 5.74) is 2.55. The van der Waals surface area contributed by atoms with E-state index in [-0.39, 0.29) is 18.8 Å². The smallest absolute Gasteiger partial charge is 0.341 e. The predicted molar refractivity (Wildman–Crippen MR) is 60.3 cm³/mol. The van der Waals surface area contributed by atoms with Crippen LogP contribution in [0.4, 0.5) is 0 Å². The number of carboxylic acids is 1. The first kappa shape index (κ1) is 10.6. The lowest BCUT2D eigenvalue weighted by atomic mass is 9.98. The van der Waals surface area contributed by atoms with Crippen molar-refractivity contribution in [2.24, 2.45) is 0 Å². The van der Waals surface area contributed by atoms with Gasteiger partial charge in [-0.15, -0.1) is 0 Å². The molecule has 2 unspecified atom stereocenters. The van der Waals surface area contributed by atoms with E-state index in [0.29, 0.717) is 5.76 Å². The van der Waals surface area contributed by atoms with Crippen molar-refractivity contribution in [2.45, 2.75) is 31.5 Å². The maximum Gasteiger partial charge on any atom is 0.341 e. The van der Waals surface area contributed by atoms with Gasteiger partial charge < -0.3 is 14.6 Å². The highest BCUT2D eigenvalue weighted by atomic mass is 16.6. The molecule has 0 spiro atoms. The number of carbonyl (C=O) groups is 1. The number of rotatable bonds is 3. The normalized spacial score (nSPS) is 30.0. The van der Waals surface area contributed by atoms with Crippen LogP contribution in [0, 0.1) is 0 Å². The molecule has 90 valence electrons. The van der Waals surface area contributed by atoms with Gasteiger partial charge >= 0.3 is 5.97 Å². The zero-order chi connectivity index (χ0) is 11.8. The first-order valence-corrected chi connectivity index (χ1v) is 5.87. The fraction of sp³-hybridized carbons (Fsp3) is 0.462. The molecule has 1 aliphatic heterocycles. The van der Waals surface area contributed by atoms with Crippen LogP contribution in [0.1, 0.15) is 19.3 Å². The van der Waals surface area contributed by atoms with E-state index >= 15 is 0 Å². The lowest BCUT2D eigenvalue weighted by Gasteiger charge is -2.20. The lowest BCUT2D eigenvalue weighted by Crippen LogP contribution is -2.21. The summed E-state index contributed by atoms with van der Waals surface area (Å²) in [5.74, 6) is -0.348. The number of carboxylic acid groups (broad SMARTS) is 1. The molecule has 0 aromatic rings. The molecule has 0 saturated heterocycles. The van der Waals surface area contributed by atoms with Crippen LogP contribution in [0.2, 0.25) is 0 Å². The molecule has 1 N–H and O–H groups in total. The number of allylic oxidation sites excluding steroid dienone is 2. The SMILES string of the molecule is O=C(O)COC1=CC=CC2=C3CCCC3OC12. The molecule has 0 bridgehead atoms. The molecule has 3 rings (SSSR count). The molecule has 4 nitrogen and oxygen atoms in total. The van der Waals surface area contributed by atoms with Gasteiger partial charge in [0, 0.05) is 0 Å². The minimum absolute atomic E-state index is 0.181. The molecule has 17 heavy (non-hydrogen) atoms. The van der Waals surface area contributed by atoms with Gasteiger partial charge in [-0.3, -0.25) is 0 Å². The first-order chi connectivity index (χ1) is 8.25. The van der Waals surface area contributed by atoms with E-state index in [1.807, 2.05) is 6.08 Å². The Kier molecular flexibility index (Phi) is 2.52. The molecule has 1 heterocycles. The number of hydrogen-bond donors (Lipinski definition) is 1. The van der Waals surface area contributed by atoms with E-state index in [9.17, 15) is 4.79 Å². The van der Waals surface area contributed by atoms with Gasteiger partial charge in [0.05, 0.1) is 6.10 Å². The van der Waals surface area contributed by atoms with Crippen molar-refractivity contribution < 1.29 is 19.4 Å². The average molecular weight is 234 g/mol. The van der Waals surface area contributed by atoms with E-state index in [2.05, 4.69) is 6.08 Å². The third kappa shape index (κ3) is 1.78. The summed E-state index contributed by atoms with van der Waals surface area (Å²) in [5, 5.41) is 8.62. The van der Waals surface area contributed by atoms with E-state index in [4.69, 9.17) is 14.6 Å². The van der Waals surface area contributed by atoms with Gasteiger partial charge in [-0.2, -0.15) is 0 Å². The quantitative estimate of drug-likeness (QED) is 0.808. The van der Waals surface area contributed by atoms with Crippen molar-refractivity contribution in [3.63, 3.8) is 0 Å². The maximum absolute atomic E-state index is 10.5. The molecule has 2 atom stereocenters. The van der Waals surface area contributed by atoms with Crippen LogP contribution in [0.5, 0.6) is 0 Å². The fourth-order valence-electron chi connectivity index (χ4n) is 2.72. The third-order valence-electron chi connectivity index (χ3n) is 3.41. The summed E-state index contributed by atoms with van der Waals surface area (Å²) in [4.78, 5) is 10.5. The largest absolute Gasteiger partial charge is 0.483 e. The number of ether oxygens (including phenoxy) is 2. The summed E-state index contributed by atoms with van der Waals surface area (Å²) >= 11 is 0. The van der Waals surface area contributed by atoms with Crippen molar-refractivity contribution in [3.8, 4) is 0 Å². The van der Waals surface area contributed by atoms with Crippen LogP contribution in [0.3, 0.4) is 0 Å². The molecule has 4 heteroatoms. The fourth-order valence-corrected chi connectivity index (χ4v) is 2.72. The van der Waals surface area contributed by atoms with Crippen LogP contribution < -0.4 is 0 Å². The van der Waals surface area contributed by atoms with Crippen molar-refractivity contribution in [1.29, 1.82) is 0 Å². The Bertz CT molecular complexity index is 444. The Hall–Kier alpha value is -1.55. The maximum atomic E-state index is 10.5. The Morgan fingerprint density at radius 1 is 1.59 bits per heavy atom. The molecule has 0 aromatic carbocycles. The van der Waals surface area contributed by atoms with Gasteiger partial charge in [0.25, 0.3) is 0 Å². The topological polar surface area (TPSA) is 55.8 Å². The molecule has 2 aliphatic carbocycles. The van der Waals surface area contributed by atoms with Crippen LogP contribution >= 0.6 is 0 Å². The van der Waals surface area contributed by atoms with Gasteiger partial charge in [-0.25, -0.2) is 4.79 Å². The Morgan fingerprint density at radius 2 is 2.47 bits per heavy atom. The van der Waals surface area contributed by atoms with Crippen molar-refractivity contribution in [3.05, 3.63) is 35.1 Å². The Labute approximate surface area is 99.2 Å². The van der Waals surface area contributed by atoms with Gasteiger partial charge in [0.1, 0.15) is 11.9 Å². The van der Waals surface area contributed by atoms with Crippen molar-refractivity contribution in [2.75, 3.05) is 6.61 Å². The second-order valence-corrected chi connectivity index (χ2v) is 4.49. The monoisotopic (exact) mass is 234 g/mol. The van der Waals surface area contributed by atoms with Gasteiger partial charge in [0.15, 0.2) is 6.61 Å². The number of aliphatic carboxylic acids is 1. The Balaban J connectivity index is 1.80. The lowest BCUT2D eigenvalue weighted by molar-refractivity contribution is -0.141. The summed E-state index contributed by atoms with van der Waals surface area (Å²) in [6.07, 6.45) is 9.12. The Morgan fingerprint density at radius 3 is 3.29 bits per heavy atom. The van der Waals surface area contributed by atoms with Gasteiger partial charge in [-0.05, 0) is 36.5 Å². The summed E-state index contributed by atoms with van der Waals surface area (Å²) in [6, 6.07) is 0. The molecule has 3 aliphatic rings. The molecule has 0 aromatic heterocycles. The molecule has 1 saturated carbocycles. The molecule has 0 radical (unpaired) electrons. The first-order valence-electron chi connectivity index (χ1n) is 5.87.